The molecule has 2 aliphatic rings. The van der Waals surface area contributed by atoms with E-state index in [-0.39, 0.29) is 6.09 Å². The van der Waals surface area contributed by atoms with Crippen LogP contribution >= 0.6 is 11.9 Å². The van der Waals surface area contributed by atoms with Crippen LogP contribution in [-0.2, 0) is 4.74 Å². The molecule has 0 aliphatic carbocycles. The number of ether oxygens (including phenoxy) is 2. The van der Waals surface area contributed by atoms with E-state index >= 15 is 0 Å². The van der Waals surface area contributed by atoms with Gasteiger partial charge in [0, 0.05) is 16.9 Å². The van der Waals surface area contributed by atoms with Gasteiger partial charge in [-0.05, 0) is 42.6 Å². The van der Waals surface area contributed by atoms with Gasteiger partial charge in [-0.3, -0.25) is 0 Å². The van der Waals surface area contributed by atoms with E-state index in [1.165, 1.54) is 11.9 Å². The fourth-order valence-corrected chi connectivity index (χ4v) is 3.44. The van der Waals surface area contributed by atoms with Crippen molar-refractivity contribution in [2.75, 3.05) is 19.8 Å². The van der Waals surface area contributed by atoms with Gasteiger partial charge in [-0.15, -0.1) is 0 Å². The molecule has 0 bridgehead atoms. The maximum absolute atomic E-state index is 11.9. The van der Waals surface area contributed by atoms with Crippen LogP contribution in [0.3, 0.4) is 0 Å². The van der Waals surface area contributed by atoms with E-state index in [4.69, 9.17) is 14.7 Å². The largest absolute Gasteiger partial charge is 0.493 e. The molecule has 108 valence electrons. The molecular formula is C15H14N2O3S. The van der Waals surface area contributed by atoms with Gasteiger partial charge in [-0.25, -0.2) is 9.10 Å². The minimum Gasteiger partial charge on any atom is -0.493 e. The highest BCUT2D eigenvalue weighted by molar-refractivity contribution is 8.01. The molecule has 0 radical (unpaired) electrons. The Kier molecular flexibility index (Phi) is 3.76. The van der Waals surface area contributed by atoms with Gasteiger partial charge in [0.25, 0.3) is 0 Å². The number of amides is 1. The zero-order valence-corrected chi connectivity index (χ0v) is 12.4. The Labute approximate surface area is 127 Å². The van der Waals surface area contributed by atoms with Crippen LogP contribution in [0.4, 0.5) is 4.79 Å². The molecule has 2 heterocycles. The van der Waals surface area contributed by atoms with Gasteiger partial charge in [0.1, 0.15) is 5.75 Å². The van der Waals surface area contributed by atoms with Crippen molar-refractivity contribution in [1.82, 2.24) is 4.31 Å². The second kappa shape index (κ2) is 5.70. The molecule has 0 N–H and O–H groups in total. The summed E-state index contributed by atoms with van der Waals surface area (Å²) in [5, 5.41) is 9.06. The zero-order valence-electron chi connectivity index (χ0n) is 11.6. The minimum absolute atomic E-state index is 0.325. The Balaban J connectivity index is 1.94. The Hall–Kier alpha value is -2.13. The highest BCUT2D eigenvalue weighted by Gasteiger charge is 2.31. The maximum atomic E-state index is 11.9. The molecule has 21 heavy (non-hydrogen) atoms. The Bertz CT molecular complexity index is 663. The topological polar surface area (TPSA) is 62.6 Å². The maximum Gasteiger partial charge on any atom is 0.420 e. The molecule has 0 saturated heterocycles. The highest BCUT2D eigenvalue weighted by Crippen LogP contribution is 2.44. The van der Waals surface area contributed by atoms with Gasteiger partial charge in [-0.2, -0.15) is 5.26 Å². The van der Waals surface area contributed by atoms with Gasteiger partial charge in [0.05, 0.1) is 31.4 Å². The van der Waals surface area contributed by atoms with Crippen LogP contribution in [0.25, 0.3) is 5.57 Å². The molecule has 0 unspecified atom stereocenters. The van der Waals surface area contributed by atoms with E-state index in [2.05, 4.69) is 6.07 Å². The lowest BCUT2D eigenvalue weighted by Gasteiger charge is -2.16. The molecule has 0 aromatic heterocycles. The lowest BCUT2D eigenvalue weighted by molar-refractivity contribution is 0.137. The lowest BCUT2D eigenvalue weighted by atomic mass is 10.0. The number of rotatable bonds is 1. The molecule has 6 heteroatoms. The van der Waals surface area contributed by atoms with Crippen molar-refractivity contribution >= 4 is 23.6 Å². The molecule has 1 aromatic rings. The average Bonchev–Trinajstić information content (AvgIpc) is 2.85. The number of benzene rings is 1. The molecule has 0 fully saturated rings. The second-order valence-electron chi connectivity index (χ2n) is 4.65. The normalized spacial score (nSPS) is 16.5. The summed E-state index contributed by atoms with van der Waals surface area (Å²) < 4.78 is 12.4. The summed E-state index contributed by atoms with van der Waals surface area (Å²) in [5.74, 6) is 0.769. The third-order valence-electron chi connectivity index (χ3n) is 3.35. The Morgan fingerprint density at radius 2 is 2.43 bits per heavy atom. The molecular weight excluding hydrogens is 288 g/mol. The van der Waals surface area contributed by atoms with Gasteiger partial charge < -0.3 is 9.47 Å². The van der Waals surface area contributed by atoms with Crippen molar-refractivity contribution in [3.63, 3.8) is 0 Å². The van der Waals surface area contributed by atoms with Crippen LogP contribution in [0.5, 0.6) is 5.75 Å². The summed E-state index contributed by atoms with van der Waals surface area (Å²) in [5.41, 5.74) is 2.55. The number of nitriles is 1. The molecule has 1 amide bonds. The molecule has 0 atom stereocenters. The number of hydrogen-bond donors (Lipinski definition) is 0. The van der Waals surface area contributed by atoms with Crippen LogP contribution < -0.4 is 4.74 Å². The molecule has 2 aliphatic heterocycles. The number of hydrogen-bond acceptors (Lipinski definition) is 5. The first-order valence-corrected chi connectivity index (χ1v) is 7.52. The van der Waals surface area contributed by atoms with Gasteiger partial charge >= 0.3 is 6.09 Å². The summed E-state index contributed by atoms with van der Waals surface area (Å²) in [4.78, 5) is 13.0. The predicted octanol–water partition coefficient (Wildman–Crippen LogP) is 3.17. The summed E-state index contributed by atoms with van der Waals surface area (Å²) in [7, 11) is 0. The van der Waals surface area contributed by atoms with Crippen molar-refractivity contribution < 1.29 is 14.3 Å². The van der Waals surface area contributed by atoms with Gasteiger partial charge in [0.15, 0.2) is 0 Å². The van der Waals surface area contributed by atoms with Gasteiger partial charge in [0.2, 0.25) is 0 Å². The molecule has 3 rings (SSSR count). The van der Waals surface area contributed by atoms with E-state index in [0.717, 1.165) is 28.2 Å². The van der Waals surface area contributed by atoms with Crippen molar-refractivity contribution in [3.05, 3.63) is 34.2 Å². The SMILES string of the molecule is CCOC(=O)N1CC2=C(CCOc3ccc(C#N)cc32)S1. The molecule has 5 nitrogen and oxygen atoms in total. The number of nitrogens with zero attached hydrogens (tertiary/aromatic N) is 2. The first-order valence-electron chi connectivity index (χ1n) is 6.74. The summed E-state index contributed by atoms with van der Waals surface area (Å²) in [6.07, 6.45) is 0.432. The Morgan fingerprint density at radius 1 is 1.57 bits per heavy atom. The summed E-state index contributed by atoms with van der Waals surface area (Å²) >= 11 is 1.41. The fraction of sp³-hybridized carbons (Fsp3) is 0.333. The van der Waals surface area contributed by atoms with Crippen molar-refractivity contribution in [2.45, 2.75) is 13.3 Å². The molecule has 0 saturated carbocycles. The first-order chi connectivity index (χ1) is 10.2. The zero-order chi connectivity index (χ0) is 14.8. The predicted molar refractivity (Wildman–Crippen MR) is 79.5 cm³/mol. The second-order valence-corrected chi connectivity index (χ2v) is 5.77. The van der Waals surface area contributed by atoms with Crippen molar-refractivity contribution in [2.24, 2.45) is 0 Å². The molecule has 0 spiro atoms. The van der Waals surface area contributed by atoms with Crippen LogP contribution in [0.15, 0.2) is 23.1 Å². The summed E-state index contributed by atoms with van der Waals surface area (Å²) in [6.45, 7) is 3.20. The molecule has 1 aromatic carbocycles. The van der Waals surface area contributed by atoms with E-state index in [1.807, 2.05) is 12.1 Å². The smallest absolute Gasteiger partial charge is 0.420 e. The van der Waals surface area contributed by atoms with E-state index in [0.29, 0.717) is 25.3 Å². The van der Waals surface area contributed by atoms with Crippen LogP contribution in [0.2, 0.25) is 0 Å². The third-order valence-corrected chi connectivity index (χ3v) is 4.52. The Morgan fingerprint density at radius 3 is 3.19 bits per heavy atom. The van der Waals surface area contributed by atoms with E-state index in [9.17, 15) is 4.79 Å². The van der Waals surface area contributed by atoms with Crippen LogP contribution in [-0.4, -0.2) is 30.2 Å². The third kappa shape index (κ3) is 2.57. The number of carbonyl (C=O) groups is 1. The lowest BCUT2D eigenvalue weighted by Crippen LogP contribution is -2.23. The van der Waals surface area contributed by atoms with E-state index < -0.39 is 0 Å². The van der Waals surface area contributed by atoms with Crippen molar-refractivity contribution in [3.8, 4) is 11.8 Å². The monoisotopic (exact) mass is 302 g/mol. The first kappa shape index (κ1) is 13.8. The standard InChI is InChI=1S/C15H14N2O3S/c1-2-19-15(18)17-9-12-11-7-10(8-16)3-4-13(11)20-6-5-14(12)21-17/h3-4,7H,2,5-6,9H2,1H3. The van der Waals surface area contributed by atoms with Crippen molar-refractivity contribution in [1.29, 1.82) is 5.26 Å². The quantitative estimate of drug-likeness (QED) is 0.746. The van der Waals surface area contributed by atoms with Crippen LogP contribution in [0, 0.1) is 11.3 Å². The minimum atomic E-state index is -0.325. The van der Waals surface area contributed by atoms with Crippen LogP contribution in [0.1, 0.15) is 24.5 Å². The average molecular weight is 302 g/mol. The highest BCUT2D eigenvalue weighted by atomic mass is 32.2. The van der Waals surface area contributed by atoms with E-state index in [1.54, 1.807) is 17.3 Å². The summed E-state index contributed by atoms with van der Waals surface area (Å²) in [6, 6.07) is 7.53. The number of carbonyl (C=O) groups excluding carboxylic acids is 1. The fourth-order valence-electron chi connectivity index (χ4n) is 2.40. The van der Waals surface area contributed by atoms with Gasteiger partial charge in [-0.1, -0.05) is 0 Å². The number of fused-ring (bicyclic) bond motifs is 2.